The van der Waals surface area contributed by atoms with Gasteiger partial charge in [-0.05, 0) is 68.1 Å². The molecule has 0 fully saturated rings. The molecule has 0 saturated carbocycles. The van der Waals surface area contributed by atoms with Crippen molar-refractivity contribution in [2.24, 2.45) is 0 Å². The molecule has 2 aromatic carbocycles. The lowest BCUT2D eigenvalue weighted by Gasteiger charge is -2.28. The molecule has 0 radical (unpaired) electrons. The molecule has 0 aromatic heterocycles. The number of hydrogen-bond donors (Lipinski definition) is 1. The van der Waals surface area contributed by atoms with Gasteiger partial charge < -0.3 is 10.1 Å². The zero-order valence-corrected chi connectivity index (χ0v) is 19.3. The molecule has 2 rings (SSSR count). The van der Waals surface area contributed by atoms with Crippen molar-refractivity contribution in [2.45, 2.75) is 27.7 Å². The number of nitrogens with zero attached hydrogens (tertiary/aromatic N) is 2. The summed E-state index contributed by atoms with van der Waals surface area (Å²) >= 11 is 0. The number of ether oxygens (including phenoxy) is 1. The summed E-state index contributed by atoms with van der Waals surface area (Å²) in [5.74, 6) is 0.338. The van der Waals surface area contributed by atoms with Crippen LogP contribution in [0.15, 0.2) is 36.4 Å². The zero-order chi connectivity index (χ0) is 22.5. The summed E-state index contributed by atoms with van der Waals surface area (Å²) in [4.78, 5) is 12.5. The molecule has 0 aliphatic rings. The third-order valence-electron chi connectivity index (χ3n) is 4.83. The first-order valence-electron chi connectivity index (χ1n) is 9.76. The van der Waals surface area contributed by atoms with Gasteiger partial charge in [-0.2, -0.15) is 12.7 Å². The molecule has 0 heterocycles. The van der Waals surface area contributed by atoms with Gasteiger partial charge in [0.05, 0.1) is 12.2 Å². The van der Waals surface area contributed by atoms with Gasteiger partial charge in [0, 0.05) is 14.1 Å². The standard InChI is InChI=1S/C22H31N3O4S/c1-16-7-8-18(3)21(13-16)25(30(27,28)24(5)6)15-22(26)23-11-12-29-20-10-9-17(2)19(4)14-20/h7-10,13-14H,11-12,15H2,1-6H3,(H,23,26). The summed E-state index contributed by atoms with van der Waals surface area (Å²) in [6.45, 7) is 8.00. The highest BCUT2D eigenvalue weighted by atomic mass is 32.2. The van der Waals surface area contributed by atoms with E-state index in [1.165, 1.54) is 19.7 Å². The van der Waals surface area contributed by atoms with Gasteiger partial charge in [0.15, 0.2) is 0 Å². The molecule has 164 valence electrons. The first kappa shape index (κ1) is 23.7. The average Bonchev–Trinajstić information content (AvgIpc) is 2.68. The van der Waals surface area contributed by atoms with Crippen LogP contribution in [-0.2, 0) is 15.0 Å². The number of benzene rings is 2. The van der Waals surface area contributed by atoms with Crippen molar-refractivity contribution in [2.75, 3.05) is 38.1 Å². The minimum absolute atomic E-state index is 0.272. The molecule has 1 amide bonds. The zero-order valence-electron chi connectivity index (χ0n) is 18.5. The molecule has 1 N–H and O–H groups in total. The summed E-state index contributed by atoms with van der Waals surface area (Å²) in [5, 5.41) is 2.74. The van der Waals surface area contributed by atoms with Crippen molar-refractivity contribution >= 4 is 21.8 Å². The quantitative estimate of drug-likeness (QED) is 0.617. The van der Waals surface area contributed by atoms with Gasteiger partial charge in [-0.15, -0.1) is 0 Å². The fourth-order valence-corrected chi connectivity index (χ4v) is 3.95. The minimum Gasteiger partial charge on any atom is -0.492 e. The Labute approximate surface area is 179 Å². The normalized spacial score (nSPS) is 11.4. The summed E-state index contributed by atoms with van der Waals surface area (Å²) in [7, 11) is -0.940. The number of aryl methyl sites for hydroxylation is 4. The lowest BCUT2D eigenvalue weighted by atomic mass is 10.1. The van der Waals surface area contributed by atoms with E-state index in [0.29, 0.717) is 5.69 Å². The number of anilines is 1. The largest absolute Gasteiger partial charge is 0.492 e. The van der Waals surface area contributed by atoms with Crippen LogP contribution in [0, 0.1) is 27.7 Å². The number of nitrogens with one attached hydrogen (secondary N) is 1. The van der Waals surface area contributed by atoms with E-state index in [2.05, 4.69) is 5.32 Å². The van der Waals surface area contributed by atoms with E-state index in [1.54, 1.807) is 6.07 Å². The van der Waals surface area contributed by atoms with Crippen LogP contribution in [0.3, 0.4) is 0 Å². The number of hydrogen-bond acceptors (Lipinski definition) is 4. The fourth-order valence-electron chi connectivity index (χ4n) is 2.83. The lowest BCUT2D eigenvalue weighted by molar-refractivity contribution is -0.119. The van der Waals surface area contributed by atoms with Crippen molar-refractivity contribution in [1.82, 2.24) is 9.62 Å². The minimum atomic E-state index is -3.83. The van der Waals surface area contributed by atoms with E-state index in [4.69, 9.17) is 4.74 Å². The Hall–Kier alpha value is -2.58. The van der Waals surface area contributed by atoms with Crippen molar-refractivity contribution in [3.63, 3.8) is 0 Å². The smallest absolute Gasteiger partial charge is 0.304 e. The van der Waals surface area contributed by atoms with Crippen molar-refractivity contribution in [1.29, 1.82) is 0 Å². The Morgan fingerprint density at radius 3 is 2.27 bits per heavy atom. The molecule has 0 aliphatic carbocycles. The molecule has 0 saturated heterocycles. The highest BCUT2D eigenvalue weighted by Crippen LogP contribution is 2.25. The summed E-state index contributed by atoms with van der Waals surface area (Å²) in [6.07, 6.45) is 0. The van der Waals surface area contributed by atoms with Gasteiger partial charge >= 0.3 is 10.2 Å². The highest BCUT2D eigenvalue weighted by Gasteiger charge is 2.28. The lowest BCUT2D eigenvalue weighted by Crippen LogP contribution is -2.46. The molecule has 2 aromatic rings. The molecule has 0 atom stereocenters. The molecule has 30 heavy (non-hydrogen) atoms. The van der Waals surface area contributed by atoms with Crippen LogP contribution in [0.1, 0.15) is 22.3 Å². The van der Waals surface area contributed by atoms with E-state index < -0.39 is 16.1 Å². The van der Waals surface area contributed by atoms with Crippen LogP contribution < -0.4 is 14.4 Å². The third-order valence-corrected chi connectivity index (χ3v) is 6.64. The second-order valence-electron chi connectivity index (χ2n) is 7.53. The molecule has 0 spiro atoms. The second-order valence-corrected chi connectivity index (χ2v) is 9.60. The summed E-state index contributed by atoms with van der Waals surface area (Å²) in [6, 6.07) is 11.3. The van der Waals surface area contributed by atoms with Crippen LogP contribution in [0.25, 0.3) is 0 Å². The fraction of sp³-hybridized carbons (Fsp3) is 0.409. The molecule has 0 aliphatic heterocycles. The monoisotopic (exact) mass is 433 g/mol. The van der Waals surface area contributed by atoms with Gasteiger partial charge in [0.25, 0.3) is 0 Å². The van der Waals surface area contributed by atoms with Gasteiger partial charge in [0.2, 0.25) is 5.91 Å². The predicted molar refractivity (Wildman–Crippen MR) is 120 cm³/mol. The molecule has 0 bridgehead atoms. The molecule has 7 nitrogen and oxygen atoms in total. The average molecular weight is 434 g/mol. The van der Waals surface area contributed by atoms with Gasteiger partial charge in [-0.1, -0.05) is 18.2 Å². The van der Waals surface area contributed by atoms with Gasteiger partial charge in [-0.3, -0.25) is 4.79 Å². The third kappa shape index (κ3) is 5.96. The Bertz CT molecular complexity index is 1000. The number of amides is 1. The van der Waals surface area contributed by atoms with Crippen molar-refractivity contribution < 1.29 is 17.9 Å². The van der Waals surface area contributed by atoms with Crippen LogP contribution >= 0.6 is 0 Å². The van der Waals surface area contributed by atoms with Crippen molar-refractivity contribution in [3.05, 3.63) is 58.7 Å². The van der Waals surface area contributed by atoms with Gasteiger partial charge in [-0.25, -0.2) is 4.31 Å². The predicted octanol–water partition coefficient (Wildman–Crippen LogP) is 2.73. The summed E-state index contributed by atoms with van der Waals surface area (Å²) in [5.41, 5.74) is 4.50. The molecular formula is C22H31N3O4S. The molecule has 8 heteroatoms. The Morgan fingerprint density at radius 1 is 0.967 bits per heavy atom. The SMILES string of the molecule is Cc1ccc(C)c(N(CC(=O)NCCOc2ccc(C)c(C)c2)S(=O)(=O)N(C)C)c1. The number of rotatable bonds is 9. The van der Waals surface area contributed by atoms with Gasteiger partial charge in [0.1, 0.15) is 18.9 Å². The van der Waals surface area contributed by atoms with E-state index in [9.17, 15) is 13.2 Å². The van der Waals surface area contributed by atoms with Crippen LogP contribution in [0.4, 0.5) is 5.69 Å². The maximum absolute atomic E-state index is 12.9. The first-order chi connectivity index (χ1) is 14.0. The Balaban J connectivity index is 2.04. The Morgan fingerprint density at radius 2 is 1.63 bits per heavy atom. The van der Waals surface area contributed by atoms with Crippen molar-refractivity contribution in [3.8, 4) is 5.75 Å². The van der Waals surface area contributed by atoms with E-state index in [-0.39, 0.29) is 19.7 Å². The second kappa shape index (κ2) is 9.95. The van der Waals surface area contributed by atoms with Crippen LogP contribution in [0.5, 0.6) is 5.75 Å². The first-order valence-corrected chi connectivity index (χ1v) is 11.2. The topological polar surface area (TPSA) is 79.0 Å². The highest BCUT2D eigenvalue weighted by molar-refractivity contribution is 7.90. The van der Waals surface area contributed by atoms with E-state index in [1.807, 2.05) is 58.0 Å². The van der Waals surface area contributed by atoms with Crippen LogP contribution in [0.2, 0.25) is 0 Å². The molecule has 0 unspecified atom stereocenters. The number of carbonyl (C=O) groups is 1. The maximum atomic E-state index is 12.9. The van der Waals surface area contributed by atoms with Crippen LogP contribution in [-0.4, -0.2) is 52.4 Å². The van der Waals surface area contributed by atoms with E-state index in [0.717, 1.165) is 31.1 Å². The summed E-state index contributed by atoms with van der Waals surface area (Å²) < 4.78 is 33.6. The number of carbonyl (C=O) groups excluding carboxylic acids is 1. The maximum Gasteiger partial charge on any atom is 0.304 e. The van der Waals surface area contributed by atoms with E-state index >= 15 is 0 Å². The molecular weight excluding hydrogens is 402 g/mol. The Kier molecular flexibility index (Phi) is 7.86.